The van der Waals surface area contributed by atoms with Crippen LogP contribution in [0.3, 0.4) is 0 Å². The molecule has 2 N–H and O–H groups in total. The minimum atomic E-state index is -0.291. The molecule has 0 radical (unpaired) electrons. The predicted molar refractivity (Wildman–Crippen MR) is 123 cm³/mol. The molecule has 0 saturated heterocycles. The van der Waals surface area contributed by atoms with E-state index in [9.17, 15) is 9.59 Å². The molecule has 30 heavy (non-hydrogen) atoms. The lowest BCUT2D eigenvalue weighted by Gasteiger charge is -2.29. The van der Waals surface area contributed by atoms with Crippen LogP contribution in [-0.4, -0.2) is 24.2 Å². The van der Waals surface area contributed by atoms with E-state index in [0.29, 0.717) is 11.4 Å². The zero-order valence-electron chi connectivity index (χ0n) is 16.5. The van der Waals surface area contributed by atoms with Gasteiger partial charge in [-0.3, -0.25) is 4.79 Å². The molecule has 0 fully saturated rings. The molecule has 3 amide bonds. The van der Waals surface area contributed by atoms with Gasteiger partial charge in [0.15, 0.2) is 0 Å². The van der Waals surface area contributed by atoms with Gasteiger partial charge in [0.05, 0.1) is 5.75 Å². The van der Waals surface area contributed by atoms with E-state index >= 15 is 0 Å². The Balaban J connectivity index is 1.30. The molecule has 0 aromatic heterocycles. The second-order valence-electron chi connectivity index (χ2n) is 7.04. The second kappa shape index (κ2) is 9.50. The normalized spacial score (nSPS) is 12.7. The molecule has 152 valence electrons. The first kappa shape index (κ1) is 20.0. The Morgan fingerprint density at radius 3 is 2.27 bits per heavy atom. The lowest BCUT2D eigenvalue weighted by Crippen LogP contribution is -2.36. The van der Waals surface area contributed by atoms with E-state index in [1.54, 1.807) is 0 Å². The summed E-state index contributed by atoms with van der Waals surface area (Å²) in [5.74, 6) is 0.506. The fourth-order valence-corrected chi connectivity index (χ4v) is 4.24. The van der Waals surface area contributed by atoms with Gasteiger partial charge in [-0.15, -0.1) is 11.8 Å². The third-order valence-electron chi connectivity index (χ3n) is 4.92. The van der Waals surface area contributed by atoms with Crippen LogP contribution in [0.25, 0.3) is 0 Å². The lowest BCUT2D eigenvalue weighted by molar-refractivity contribution is -0.116. The average molecular weight is 418 g/mol. The van der Waals surface area contributed by atoms with E-state index in [-0.39, 0.29) is 11.9 Å². The van der Waals surface area contributed by atoms with E-state index < -0.39 is 0 Å². The summed E-state index contributed by atoms with van der Waals surface area (Å²) in [7, 11) is 0. The third-order valence-corrected chi connectivity index (χ3v) is 5.91. The number of thioether (sulfide) groups is 1. The first-order chi connectivity index (χ1) is 14.7. The molecule has 0 saturated carbocycles. The molecule has 0 spiro atoms. The SMILES string of the molecule is O=C(Nc1ccccc1)Nc1ccc(SCC(=O)N2CCCc3ccccc32)cc1. The Morgan fingerprint density at radius 1 is 0.833 bits per heavy atom. The molecule has 1 heterocycles. The predicted octanol–water partition coefficient (Wildman–Crippen LogP) is 5.40. The molecular formula is C24H23N3O2S. The van der Waals surface area contributed by atoms with Gasteiger partial charge in [0.25, 0.3) is 0 Å². The summed E-state index contributed by atoms with van der Waals surface area (Å²) in [4.78, 5) is 27.7. The highest BCUT2D eigenvalue weighted by atomic mass is 32.2. The number of para-hydroxylation sites is 2. The first-order valence-electron chi connectivity index (χ1n) is 9.93. The van der Waals surface area contributed by atoms with Crippen molar-refractivity contribution in [2.75, 3.05) is 27.8 Å². The van der Waals surface area contributed by atoms with Crippen molar-refractivity contribution in [3.63, 3.8) is 0 Å². The van der Waals surface area contributed by atoms with Crippen molar-refractivity contribution in [2.45, 2.75) is 17.7 Å². The number of benzene rings is 3. The van der Waals surface area contributed by atoms with Gasteiger partial charge in [-0.25, -0.2) is 4.79 Å². The molecule has 3 aromatic carbocycles. The topological polar surface area (TPSA) is 61.4 Å². The van der Waals surface area contributed by atoms with Crippen LogP contribution in [0, 0.1) is 0 Å². The Labute approximate surface area is 180 Å². The summed E-state index contributed by atoms with van der Waals surface area (Å²) in [6, 6.07) is 24.6. The number of nitrogens with one attached hydrogen (secondary N) is 2. The van der Waals surface area contributed by atoms with Crippen molar-refractivity contribution in [3.8, 4) is 0 Å². The van der Waals surface area contributed by atoms with Gasteiger partial charge in [0.2, 0.25) is 5.91 Å². The van der Waals surface area contributed by atoms with Crippen molar-refractivity contribution in [1.29, 1.82) is 0 Å². The van der Waals surface area contributed by atoms with Crippen LogP contribution in [0.15, 0.2) is 83.8 Å². The Morgan fingerprint density at radius 2 is 1.50 bits per heavy atom. The van der Waals surface area contributed by atoms with E-state index in [0.717, 1.165) is 35.7 Å². The fourth-order valence-electron chi connectivity index (χ4n) is 3.47. The number of rotatable bonds is 5. The van der Waals surface area contributed by atoms with E-state index in [1.165, 1.54) is 17.3 Å². The van der Waals surface area contributed by atoms with Crippen LogP contribution in [0.2, 0.25) is 0 Å². The number of carbonyl (C=O) groups is 2. The van der Waals surface area contributed by atoms with E-state index in [1.807, 2.05) is 77.7 Å². The molecule has 6 heteroatoms. The van der Waals surface area contributed by atoms with Crippen molar-refractivity contribution in [3.05, 3.63) is 84.4 Å². The summed E-state index contributed by atoms with van der Waals surface area (Å²) < 4.78 is 0. The Bertz CT molecular complexity index is 1020. The maximum Gasteiger partial charge on any atom is 0.323 e. The number of amides is 3. The summed E-state index contributed by atoms with van der Waals surface area (Å²) in [6.07, 6.45) is 2.03. The molecule has 5 nitrogen and oxygen atoms in total. The molecule has 0 unspecified atom stereocenters. The number of fused-ring (bicyclic) bond motifs is 1. The Kier molecular flexibility index (Phi) is 6.35. The number of nitrogens with zero attached hydrogens (tertiary/aromatic N) is 1. The molecule has 0 aliphatic carbocycles. The van der Waals surface area contributed by atoms with Gasteiger partial charge >= 0.3 is 6.03 Å². The van der Waals surface area contributed by atoms with Crippen LogP contribution in [0.5, 0.6) is 0 Å². The highest BCUT2D eigenvalue weighted by Gasteiger charge is 2.21. The summed E-state index contributed by atoms with van der Waals surface area (Å²) >= 11 is 1.51. The number of hydrogen-bond donors (Lipinski definition) is 2. The lowest BCUT2D eigenvalue weighted by atomic mass is 10.0. The first-order valence-corrected chi connectivity index (χ1v) is 10.9. The van der Waals surface area contributed by atoms with E-state index in [4.69, 9.17) is 0 Å². The molecule has 1 aliphatic rings. The maximum absolute atomic E-state index is 12.8. The van der Waals surface area contributed by atoms with Gasteiger partial charge < -0.3 is 15.5 Å². The molecule has 0 atom stereocenters. The fraction of sp³-hybridized carbons (Fsp3) is 0.167. The minimum Gasteiger partial charge on any atom is -0.311 e. The summed E-state index contributed by atoms with van der Waals surface area (Å²) in [6.45, 7) is 0.774. The van der Waals surface area contributed by atoms with Crippen molar-refractivity contribution < 1.29 is 9.59 Å². The third kappa shape index (κ3) is 5.02. The van der Waals surface area contributed by atoms with Gasteiger partial charge in [-0.2, -0.15) is 0 Å². The number of carbonyl (C=O) groups excluding carboxylic acids is 2. The number of anilines is 3. The van der Waals surface area contributed by atoms with Crippen LogP contribution >= 0.6 is 11.8 Å². The number of hydrogen-bond acceptors (Lipinski definition) is 3. The highest BCUT2D eigenvalue weighted by molar-refractivity contribution is 8.00. The smallest absolute Gasteiger partial charge is 0.311 e. The summed E-state index contributed by atoms with van der Waals surface area (Å²) in [5.41, 5.74) is 3.72. The molecule has 0 bridgehead atoms. The molecule has 3 aromatic rings. The quantitative estimate of drug-likeness (QED) is 0.546. The van der Waals surface area contributed by atoms with Gasteiger partial charge in [-0.1, -0.05) is 36.4 Å². The van der Waals surface area contributed by atoms with Crippen LogP contribution in [0.4, 0.5) is 21.9 Å². The van der Waals surface area contributed by atoms with Crippen molar-refractivity contribution in [1.82, 2.24) is 0 Å². The van der Waals surface area contributed by atoms with Crippen molar-refractivity contribution >= 4 is 40.8 Å². The second-order valence-corrected chi connectivity index (χ2v) is 8.08. The largest absolute Gasteiger partial charge is 0.323 e. The standard InChI is InChI=1S/C24H23N3O2S/c28-23(27-16-6-8-18-7-4-5-11-22(18)27)17-30-21-14-12-20(13-15-21)26-24(29)25-19-9-2-1-3-10-19/h1-5,7,9-15H,6,8,16-17H2,(H2,25,26,29). The highest BCUT2D eigenvalue weighted by Crippen LogP contribution is 2.28. The molecule has 4 rings (SSSR count). The van der Waals surface area contributed by atoms with Gasteiger partial charge in [-0.05, 0) is 60.9 Å². The zero-order valence-corrected chi connectivity index (χ0v) is 17.3. The molecular weight excluding hydrogens is 394 g/mol. The maximum atomic E-state index is 12.8. The summed E-state index contributed by atoms with van der Waals surface area (Å²) in [5, 5.41) is 5.59. The van der Waals surface area contributed by atoms with Gasteiger partial charge in [0, 0.05) is 28.5 Å². The van der Waals surface area contributed by atoms with Gasteiger partial charge in [0.1, 0.15) is 0 Å². The monoisotopic (exact) mass is 417 g/mol. The zero-order chi connectivity index (χ0) is 20.8. The number of aryl methyl sites for hydroxylation is 1. The van der Waals surface area contributed by atoms with Crippen molar-refractivity contribution in [2.24, 2.45) is 0 Å². The van der Waals surface area contributed by atoms with E-state index in [2.05, 4.69) is 16.7 Å². The molecule has 1 aliphatic heterocycles. The van der Waals surface area contributed by atoms with Crippen LogP contribution in [0.1, 0.15) is 12.0 Å². The Hall–Kier alpha value is -3.25. The van der Waals surface area contributed by atoms with Crippen LogP contribution < -0.4 is 15.5 Å². The average Bonchev–Trinajstić information content (AvgIpc) is 2.78. The minimum absolute atomic E-state index is 0.122. The van der Waals surface area contributed by atoms with Crippen LogP contribution in [-0.2, 0) is 11.2 Å². The number of urea groups is 1.